The number of hydrogen-bond donors (Lipinski definition) is 3. The Labute approximate surface area is 184 Å². The third-order valence-electron chi connectivity index (χ3n) is 4.74. The van der Waals surface area contributed by atoms with Crippen molar-refractivity contribution in [3.63, 3.8) is 0 Å². The largest absolute Gasteiger partial charge is 0.488 e. The predicted octanol–water partition coefficient (Wildman–Crippen LogP) is 1.97. The Kier molecular flexibility index (Phi) is 9.30. The lowest BCUT2D eigenvalue weighted by Crippen LogP contribution is -2.41. The molecule has 1 unspecified atom stereocenters. The number of halogens is 1. The average molecular weight is 502 g/mol. The number of rotatable bonds is 8. The number of aryl methyl sites for hydroxylation is 1. The molecular weight excluding hydrogens is 471 g/mol. The van der Waals surface area contributed by atoms with Crippen LogP contribution in [0.25, 0.3) is 0 Å². The number of benzene rings is 1. The first-order chi connectivity index (χ1) is 13.2. The van der Waals surface area contributed by atoms with Gasteiger partial charge in [0.1, 0.15) is 11.9 Å². The fraction of sp³-hybridized carbons (Fsp3) is 0.600. The van der Waals surface area contributed by atoms with E-state index in [0.29, 0.717) is 32.2 Å². The lowest BCUT2D eigenvalue weighted by Gasteiger charge is -2.18. The van der Waals surface area contributed by atoms with Gasteiger partial charge in [-0.1, -0.05) is 12.1 Å². The molecule has 7 nitrogen and oxygen atoms in total. The summed E-state index contributed by atoms with van der Waals surface area (Å²) in [5.74, 6) is 2.00. The van der Waals surface area contributed by atoms with Crippen LogP contribution in [0.3, 0.4) is 0 Å². The quantitative estimate of drug-likeness (QED) is 0.219. The van der Waals surface area contributed by atoms with E-state index in [1.807, 2.05) is 0 Å². The van der Waals surface area contributed by atoms with Gasteiger partial charge in [0.25, 0.3) is 0 Å². The summed E-state index contributed by atoms with van der Waals surface area (Å²) >= 11 is 0. The molecule has 1 saturated heterocycles. The predicted molar refractivity (Wildman–Crippen MR) is 120 cm³/mol. The molecule has 0 spiro atoms. The van der Waals surface area contributed by atoms with Gasteiger partial charge in [-0.2, -0.15) is 0 Å². The van der Waals surface area contributed by atoms with Crippen LogP contribution in [0.1, 0.15) is 30.4 Å². The molecule has 1 aliphatic heterocycles. The minimum atomic E-state index is 0. The number of amides is 1. The van der Waals surface area contributed by atoms with Crippen LogP contribution in [0.15, 0.2) is 23.2 Å². The zero-order valence-electron chi connectivity index (χ0n) is 16.6. The minimum Gasteiger partial charge on any atom is -0.488 e. The molecular formula is C20H31IN4O3. The molecule has 0 radical (unpaired) electrons. The number of aliphatic imine (C=N–C) groups is 1. The van der Waals surface area contributed by atoms with Gasteiger partial charge in [0.15, 0.2) is 5.96 Å². The molecule has 3 N–H and O–H groups in total. The highest BCUT2D eigenvalue weighted by molar-refractivity contribution is 14.0. The standard InChI is InChI=1S/C20H30N4O3.HI/c1-14-3-4-16(18(11-14)27-17-7-10-26-13-17)12-24-20(21-2)23-9-8-22-19(25)15-5-6-15;/h3-4,11,15,17H,5-10,12-13H2,1-2H3,(H,22,25)(H2,21,23,24);1H. The van der Waals surface area contributed by atoms with Gasteiger partial charge < -0.3 is 25.4 Å². The van der Waals surface area contributed by atoms with Crippen LogP contribution in [0, 0.1) is 12.8 Å². The Balaban J connectivity index is 0.00000280. The van der Waals surface area contributed by atoms with Crippen LogP contribution in [-0.4, -0.2) is 51.3 Å². The first-order valence-corrected chi connectivity index (χ1v) is 9.72. The van der Waals surface area contributed by atoms with E-state index in [0.717, 1.165) is 37.2 Å². The number of nitrogens with one attached hydrogen (secondary N) is 3. The summed E-state index contributed by atoms with van der Waals surface area (Å²) in [6, 6.07) is 6.23. The van der Waals surface area contributed by atoms with E-state index in [-0.39, 0.29) is 41.9 Å². The lowest BCUT2D eigenvalue weighted by molar-refractivity contribution is -0.122. The van der Waals surface area contributed by atoms with Crippen molar-refractivity contribution in [2.75, 3.05) is 33.4 Å². The molecule has 1 heterocycles. The third kappa shape index (κ3) is 7.12. The highest BCUT2D eigenvalue weighted by Crippen LogP contribution is 2.28. The van der Waals surface area contributed by atoms with Crippen molar-refractivity contribution in [2.45, 2.75) is 38.8 Å². The third-order valence-corrected chi connectivity index (χ3v) is 4.74. The fourth-order valence-corrected chi connectivity index (χ4v) is 2.96. The Morgan fingerprint density at radius 2 is 2.00 bits per heavy atom. The van der Waals surface area contributed by atoms with E-state index >= 15 is 0 Å². The van der Waals surface area contributed by atoms with Crippen LogP contribution in [0.5, 0.6) is 5.75 Å². The molecule has 2 fully saturated rings. The van der Waals surface area contributed by atoms with Gasteiger partial charge in [0, 0.05) is 44.6 Å². The van der Waals surface area contributed by atoms with Crippen molar-refractivity contribution < 1.29 is 14.3 Å². The van der Waals surface area contributed by atoms with E-state index in [9.17, 15) is 4.79 Å². The second kappa shape index (κ2) is 11.5. The zero-order valence-corrected chi connectivity index (χ0v) is 19.0. The number of guanidine groups is 1. The second-order valence-electron chi connectivity index (χ2n) is 7.13. The maximum absolute atomic E-state index is 11.6. The van der Waals surface area contributed by atoms with Crippen molar-refractivity contribution in [1.82, 2.24) is 16.0 Å². The van der Waals surface area contributed by atoms with Crippen LogP contribution in [0.4, 0.5) is 0 Å². The van der Waals surface area contributed by atoms with E-state index < -0.39 is 0 Å². The molecule has 1 aliphatic carbocycles. The first kappa shape index (κ1) is 22.7. The SMILES string of the molecule is CN=C(NCCNC(=O)C1CC1)NCc1ccc(C)cc1OC1CCOC1.I. The Morgan fingerprint density at radius 1 is 1.21 bits per heavy atom. The van der Waals surface area contributed by atoms with Gasteiger partial charge in [0.2, 0.25) is 5.91 Å². The summed E-state index contributed by atoms with van der Waals surface area (Å²) < 4.78 is 11.5. The molecule has 0 bridgehead atoms. The molecule has 1 aromatic rings. The van der Waals surface area contributed by atoms with Crippen molar-refractivity contribution in [3.05, 3.63) is 29.3 Å². The van der Waals surface area contributed by atoms with Gasteiger partial charge in [-0.15, -0.1) is 24.0 Å². The molecule has 1 atom stereocenters. The van der Waals surface area contributed by atoms with E-state index in [2.05, 4.69) is 46.1 Å². The number of carbonyl (C=O) groups excluding carboxylic acids is 1. The van der Waals surface area contributed by atoms with Crippen molar-refractivity contribution >= 4 is 35.8 Å². The summed E-state index contributed by atoms with van der Waals surface area (Å²) in [7, 11) is 1.74. The highest BCUT2D eigenvalue weighted by Gasteiger charge is 2.29. The van der Waals surface area contributed by atoms with Gasteiger partial charge in [-0.05, 0) is 31.4 Å². The molecule has 1 saturated carbocycles. The van der Waals surface area contributed by atoms with Gasteiger partial charge in [-0.3, -0.25) is 9.79 Å². The van der Waals surface area contributed by atoms with E-state index in [1.165, 1.54) is 5.56 Å². The molecule has 1 amide bonds. The monoisotopic (exact) mass is 502 g/mol. The lowest BCUT2D eigenvalue weighted by atomic mass is 10.1. The molecule has 1 aromatic carbocycles. The summed E-state index contributed by atoms with van der Waals surface area (Å²) in [5.41, 5.74) is 2.25. The number of hydrogen-bond acceptors (Lipinski definition) is 4. The molecule has 8 heteroatoms. The smallest absolute Gasteiger partial charge is 0.223 e. The number of ether oxygens (including phenoxy) is 2. The highest BCUT2D eigenvalue weighted by atomic mass is 127. The van der Waals surface area contributed by atoms with Crippen LogP contribution in [-0.2, 0) is 16.1 Å². The Morgan fingerprint density at radius 3 is 2.68 bits per heavy atom. The van der Waals surface area contributed by atoms with Gasteiger partial charge >= 0.3 is 0 Å². The average Bonchev–Trinajstić information content (AvgIpc) is 3.40. The number of carbonyl (C=O) groups is 1. The van der Waals surface area contributed by atoms with Crippen LogP contribution in [0.2, 0.25) is 0 Å². The van der Waals surface area contributed by atoms with Crippen molar-refractivity contribution in [2.24, 2.45) is 10.9 Å². The van der Waals surface area contributed by atoms with Gasteiger partial charge in [-0.25, -0.2) is 0 Å². The molecule has 156 valence electrons. The Hall–Kier alpha value is -1.55. The zero-order chi connectivity index (χ0) is 19.1. The normalized spacial score (nSPS) is 18.9. The Bertz CT molecular complexity index is 673. The van der Waals surface area contributed by atoms with Crippen LogP contribution >= 0.6 is 24.0 Å². The summed E-state index contributed by atoms with van der Waals surface area (Å²) in [4.78, 5) is 15.9. The summed E-state index contributed by atoms with van der Waals surface area (Å²) in [6.45, 7) is 5.31. The maximum Gasteiger partial charge on any atom is 0.223 e. The van der Waals surface area contributed by atoms with Crippen molar-refractivity contribution in [3.8, 4) is 5.75 Å². The molecule has 2 aliphatic rings. The fourth-order valence-electron chi connectivity index (χ4n) is 2.96. The first-order valence-electron chi connectivity index (χ1n) is 9.72. The van der Waals surface area contributed by atoms with Crippen molar-refractivity contribution in [1.29, 1.82) is 0 Å². The topological polar surface area (TPSA) is 84.0 Å². The maximum atomic E-state index is 11.6. The molecule has 0 aromatic heterocycles. The number of nitrogens with zero attached hydrogens (tertiary/aromatic N) is 1. The van der Waals surface area contributed by atoms with Crippen LogP contribution < -0.4 is 20.7 Å². The van der Waals surface area contributed by atoms with Gasteiger partial charge in [0.05, 0.1) is 13.2 Å². The van der Waals surface area contributed by atoms with E-state index in [4.69, 9.17) is 9.47 Å². The van der Waals surface area contributed by atoms with E-state index in [1.54, 1.807) is 7.05 Å². The second-order valence-corrected chi connectivity index (χ2v) is 7.13. The molecule has 3 rings (SSSR count). The summed E-state index contributed by atoms with van der Waals surface area (Å²) in [5, 5.41) is 9.47. The summed E-state index contributed by atoms with van der Waals surface area (Å²) in [6.07, 6.45) is 3.10. The minimum absolute atomic E-state index is 0. The molecule has 28 heavy (non-hydrogen) atoms.